The van der Waals surface area contributed by atoms with E-state index in [0.29, 0.717) is 0 Å². The molecule has 2 heterocycles. The molecule has 6 heteroatoms. The molecule has 108 valence electrons. The number of rotatable bonds is 4. The number of hydrogen-bond donors (Lipinski definition) is 1. The number of nitrogens with zero attached hydrogens (tertiary/aromatic N) is 3. The summed E-state index contributed by atoms with van der Waals surface area (Å²) in [5.41, 5.74) is 5.33. The summed E-state index contributed by atoms with van der Waals surface area (Å²) in [6.45, 7) is 3.84. The molecule has 0 aliphatic heterocycles. The molecule has 5 nitrogen and oxygen atoms in total. The zero-order valence-electron chi connectivity index (χ0n) is 12.0. The molecule has 1 aliphatic rings. The van der Waals surface area contributed by atoms with Gasteiger partial charge in [0, 0.05) is 23.9 Å². The van der Waals surface area contributed by atoms with E-state index in [2.05, 4.69) is 20.5 Å². The molecule has 21 heavy (non-hydrogen) atoms. The zero-order chi connectivity index (χ0) is 14.8. The van der Waals surface area contributed by atoms with Crippen LogP contribution in [0.2, 0.25) is 0 Å². The van der Waals surface area contributed by atoms with E-state index in [9.17, 15) is 4.79 Å². The molecule has 2 aromatic rings. The molecule has 1 aliphatic carbocycles. The minimum Gasteiger partial charge on any atom is -0.273 e. The number of nitrogens with one attached hydrogen (secondary N) is 1. The second kappa shape index (κ2) is 5.73. The van der Waals surface area contributed by atoms with Crippen LogP contribution in [0.4, 0.5) is 0 Å². The lowest BCUT2D eigenvalue weighted by atomic mass is 10.3. The fraction of sp³-hybridized carbons (Fsp3) is 0.333. The number of hydrogen-bond acceptors (Lipinski definition) is 5. The number of thiazole rings is 1. The van der Waals surface area contributed by atoms with Gasteiger partial charge in [-0.3, -0.25) is 9.78 Å². The van der Waals surface area contributed by atoms with Gasteiger partial charge < -0.3 is 0 Å². The Morgan fingerprint density at radius 3 is 2.95 bits per heavy atom. The monoisotopic (exact) mass is 300 g/mol. The van der Waals surface area contributed by atoms with E-state index >= 15 is 0 Å². The van der Waals surface area contributed by atoms with Crippen molar-refractivity contribution in [2.45, 2.75) is 26.7 Å². The minimum absolute atomic E-state index is 0.0176. The van der Waals surface area contributed by atoms with Gasteiger partial charge in [-0.05, 0) is 38.8 Å². The van der Waals surface area contributed by atoms with Crippen LogP contribution in [0.25, 0.3) is 10.6 Å². The first kappa shape index (κ1) is 13.9. The van der Waals surface area contributed by atoms with E-state index in [0.717, 1.165) is 39.7 Å². The van der Waals surface area contributed by atoms with Crippen LogP contribution in [-0.4, -0.2) is 21.6 Å². The van der Waals surface area contributed by atoms with E-state index in [1.54, 1.807) is 23.7 Å². The van der Waals surface area contributed by atoms with E-state index < -0.39 is 0 Å². The molecule has 0 atom stereocenters. The van der Waals surface area contributed by atoms with E-state index in [1.165, 1.54) is 0 Å². The fourth-order valence-electron chi connectivity index (χ4n) is 1.97. The third kappa shape index (κ3) is 3.16. The maximum atomic E-state index is 11.6. The van der Waals surface area contributed by atoms with E-state index in [1.807, 2.05) is 26.0 Å². The van der Waals surface area contributed by atoms with Crippen molar-refractivity contribution in [1.29, 1.82) is 0 Å². The smallest absolute Gasteiger partial charge is 0.243 e. The molecule has 0 spiro atoms. The maximum absolute atomic E-state index is 11.6. The highest BCUT2D eigenvalue weighted by Crippen LogP contribution is 2.29. The number of carbonyl (C=O) groups is 1. The maximum Gasteiger partial charge on any atom is 0.243 e. The van der Waals surface area contributed by atoms with Crippen LogP contribution in [0.15, 0.2) is 29.6 Å². The predicted octanol–water partition coefficient (Wildman–Crippen LogP) is 2.76. The lowest BCUT2D eigenvalue weighted by Crippen LogP contribution is -2.20. The zero-order valence-corrected chi connectivity index (χ0v) is 12.8. The van der Waals surface area contributed by atoms with Gasteiger partial charge in [0.15, 0.2) is 0 Å². The Balaban J connectivity index is 1.80. The third-order valence-corrected chi connectivity index (χ3v) is 4.63. The van der Waals surface area contributed by atoms with Crippen LogP contribution in [0.3, 0.4) is 0 Å². The van der Waals surface area contributed by atoms with Crippen LogP contribution < -0.4 is 5.43 Å². The summed E-state index contributed by atoms with van der Waals surface area (Å²) >= 11 is 1.56. The predicted molar refractivity (Wildman–Crippen MR) is 83.2 cm³/mol. The molecule has 0 radical (unpaired) electrons. The van der Waals surface area contributed by atoms with Crippen LogP contribution in [0.1, 0.15) is 30.3 Å². The second-order valence-corrected chi connectivity index (χ2v) is 6.12. The first-order chi connectivity index (χ1) is 10.1. The Hall–Kier alpha value is -2.08. The molecular weight excluding hydrogens is 284 g/mol. The molecule has 1 saturated carbocycles. The van der Waals surface area contributed by atoms with Crippen molar-refractivity contribution in [2.24, 2.45) is 11.0 Å². The van der Waals surface area contributed by atoms with Crippen molar-refractivity contribution in [3.63, 3.8) is 0 Å². The SMILES string of the molecule is C/C(=N\NC(=O)C1CC1)c1sc(-c2cccnc2)nc1C. The molecule has 1 fully saturated rings. The summed E-state index contributed by atoms with van der Waals surface area (Å²) in [7, 11) is 0. The normalized spacial score (nSPS) is 15.0. The summed E-state index contributed by atoms with van der Waals surface area (Å²) in [6, 6.07) is 3.87. The molecule has 3 rings (SSSR count). The highest BCUT2D eigenvalue weighted by Gasteiger charge is 2.29. The van der Waals surface area contributed by atoms with Crippen LogP contribution >= 0.6 is 11.3 Å². The number of aryl methyl sites for hydroxylation is 1. The number of aromatic nitrogens is 2. The number of amides is 1. The molecule has 0 bridgehead atoms. The number of hydrazone groups is 1. The Morgan fingerprint density at radius 1 is 1.48 bits per heavy atom. The molecular formula is C15H16N4OS. The van der Waals surface area contributed by atoms with Gasteiger partial charge >= 0.3 is 0 Å². The van der Waals surface area contributed by atoms with Gasteiger partial charge in [-0.2, -0.15) is 5.10 Å². The van der Waals surface area contributed by atoms with Gasteiger partial charge in [0.05, 0.1) is 16.3 Å². The molecule has 0 aromatic carbocycles. The average molecular weight is 300 g/mol. The van der Waals surface area contributed by atoms with Crippen LogP contribution in [0.5, 0.6) is 0 Å². The first-order valence-electron chi connectivity index (χ1n) is 6.87. The lowest BCUT2D eigenvalue weighted by Gasteiger charge is -2.00. The lowest BCUT2D eigenvalue weighted by molar-refractivity contribution is -0.122. The van der Waals surface area contributed by atoms with E-state index in [-0.39, 0.29) is 11.8 Å². The van der Waals surface area contributed by atoms with Gasteiger partial charge in [0.25, 0.3) is 0 Å². The summed E-state index contributed by atoms with van der Waals surface area (Å²) in [4.78, 5) is 21.3. The highest BCUT2D eigenvalue weighted by molar-refractivity contribution is 7.17. The second-order valence-electron chi connectivity index (χ2n) is 5.12. The van der Waals surface area contributed by atoms with Gasteiger partial charge in [-0.1, -0.05) is 0 Å². The van der Waals surface area contributed by atoms with Crippen molar-refractivity contribution in [3.05, 3.63) is 35.1 Å². The fourth-order valence-corrected chi connectivity index (χ4v) is 2.97. The van der Waals surface area contributed by atoms with Crippen molar-refractivity contribution in [1.82, 2.24) is 15.4 Å². The Labute approximate surface area is 127 Å². The van der Waals surface area contributed by atoms with Crippen molar-refractivity contribution >= 4 is 23.0 Å². The number of carbonyl (C=O) groups excluding carboxylic acids is 1. The Morgan fingerprint density at radius 2 is 2.29 bits per heavy atom. The summed E-state index contributed by atoms with van der Waals surface area (Å²) in [5, 5.41) is 5.11. The van der Waals surface area contributed by atoms with Crippen LogP contribution in [0, 0.1) is 12.8 Å². The highest BCUT2D eigenvalue weighted by atomic mass is 32.1. The van der Waals surface area contributed by atoms with Crippen LogP contribution in [-0.2, 0) is 4.79 Å². The molecule has 2 aromatic heterocycles. The van der Waals surface area contributed by atoms with Gasteiger partial charge in [-0.25, -0.2) is 10.4 Å². The van der Waals surface area contributed by atoms with Crippen molar-refractivity contribution < 1.29 is 4.79 Å². The standard InChI is InChI=1S/C15H16N4OS/c1-9-13(10(2)18-19-14(20)11-5-6-11)21-15(17-9)12-4-3-7-16-8-12/h3-4,7-8,11H,5-6H2,1-2H3,(H,19,20)/b18-10+. The third-order valence-electron chi connectivity index (χ3n) is 3.32. The largest absolute Gasteiger partial charge is 0.273 e. The molecule has 1 N–H and O–H groups in total. The first-order valence-corrected chi connectivity index (χ1v) is 7.69. The molecule has 1 amide bonds. The topological polar surface area (TPSA) is 67.2 Å². The molecule has 0 unspecified atom stereocenters. The summed E-state index contributed by atoms with van der Waals surface area (Å²) < 4.78 is 0. The van der Waals surface area contributed by atoms with Crippen molar-refractivity contribution in [2.75, 3.05) is 0 Å². The van der Waals surface area contributed by atoms with Crippen molar-refractivity contribution in [3.8, 4) is 10.6 Å². The Bertz CT molecular complexity index is 689. The molecule has 0 saturated heterocycles. The quantitative estimate of drug-likeness (QED) is 0.697. The summed E-state index contributed by atoms with van der Waals surface area (Å²) in [5.74, 6) is 0.180. The van der Waals surface area contributed by atoms with E-state index in [4.69, 9.17) is 0 Å². The minimum atomic E-state index is 0.0176. The van der Waals surface area contributed by atoms with Gasteiger partial charge in [-0.15, -0.1) is 11.3 Å². The Kier molecular flexibility index (Phi) is 3.79. The number of pyridine rings is 1. The van der Waals surface area contributed by atoms with Gasteiger partial charge in [0.1, 0.15) is 5.01 Å². The average Bonchev–Trinajstić information content (AvgIpc) is 3.28. The summed E-state index contributed by atoms with van der Waals surface area (Å²) in [6.07, 6.45) is 5.49. The van der Waals surface area contributed by atoms with Gasteiger partial charge in [0.2, 0.25) is 5.91 Å².